The highest BCUT2D eigenvalue weighted by atomic mass is 16.2. The zero-order valence-corrected chi connectivity index (χ0v) is 62.6. The highest BCUT2D eigenvalue weighted by Gasteiger charge is 2.48. The second-order valence-corrected chi connectivity index (χ2v) is 23.7. The van der Waals surface area contributed by atoms with Gasteiger partial charge >= 0.3 is 0 Å². The maximum Gasteiger partial charge on any atom is 0.229 e. The Morgan fingerprint density at radius 1 is 0.494 bits per heavy atom. The molecule has 5 aromatic heterocycles. The molecule has 1 saturated carbocycles. The number of aromatic nitrogens is 6. The number of carbonyl (C=O) groups excluding carboxylic acids is 1. The van der Waals surface area contributed by atoms with E-state index in [1.54, 1.807) is 12.5 Å². The van der Waals surface area contributed by atoms with Gasteiger partial charge in [0.25, 0.3) is 0 Å². The zero-order valence-electron chi connectivity index (χ0n) is 62.6. The van der Waals surface area contributed by atoms with Gasteiger partial charge in [0, 0.05) is 118 Å². The van der Waals surface area contributed by atoms with E-state index in [-0.39, 0.29) is 11.8 Å². The average Bonchev–Trinajstić information content (AvgIpc) is 1.74. The summed E-state index contributed by atoms with van der Waals surface area (Å²) in [5, 5.41) is 2.81. The van der Waals surface area contributed by atoms with Crippen LogP contribution in [0.4, 0.5) is 17.5 Å². The number of guanidine groups is 1. The fraction of sp³-hybridized carbons (Fsp3) is 0.658. The van der Waals surface area contributed by atoms with Gasteiger partial charge in [0.15, 0.2) is 5.96 Å². The number of aliphatic imine (C=N–C) groups is 1. The van der Waals surface area contributed by atoms with E-state index in [0.717, 1.165) is 37.4 Å². The summed E-state index contributed by atoms with van der Waals surface area (Å²) in [5.74, 6) is 7.02. The molecule has 5 aromatic rings. The predicted molar refractivity (Wildman–Crippen MR) is 391 cm³/mol. The van der Waals surface area contributed by atoms with E-state index in [2.05, 4.69) is 174 Å². The molecule has 0 radical (unpaired) electrons. The Kier molecular flexibility index (Phi) is 45.8. The number of anilines is 3. The van der Waals surface area contributed by atoms with Crippen molar-refractivity contribution in [3.8, 4) is 0 Å². The predicted octanol–water partition coefficient (Wildman–Crippen LogP) is 19.4. The molecule has 1 fully saturated rings. The molecule has 1 aliphatic carbocycles. The quantitative estimate of drug-likeness (QED) is 0.174. The molecule has 89 heavy (non-hydrogen) atoms. The first-order chi connectivity index (χ1) is 42.6. The lowest BCUT2D eigenvalue weighted by Gasteiger charge is -2.33. The number of amides is 1. The van der Waals surface area contributed by atoms with Gasteiger partial charge in [-0.1, -0.05) is 190 Å². The molecule has 0 saturated heterocycles. The Morgan fingerprint density at radius 3 is 1.43 bits per heavy atom. The highest BCUT2D eigenvalue weighted by molar-refractivity contribution is 5.97. The van der Waals surface area contributed by atoms with Gasteiger partial charge in [-0.15, -0.1) is 0 Å². The number of hydrogen-bond donors (Lipinski definition) is 1. The molecular weight excluding hydrogens is 1100 g/mol. The minimum atomic E-state index is 0.0121. The molecule has 13 nitrogen and oxygen atoms in total. The molecule has 9 heterocycles. The van der Waals surface area contributed by atoms with E-state index in [4.69, 9.17) is 15.0 Å². The van der Waals surface area contributed by atoms with Crippen LogP contribution in [0.15, 0.2) is 84.4 Å². The van der Waals surface area contributed by atoms with Crippen LogP contribution >= 0.6 is 0 Å². The molecule has 5 aliphatic rings. The van der Waals surface area contributed by atoms with Gasteiger partial charge in [0.05, 0.1) is 0 Å². The number of fused-ring (bicyclic) bond motifs is 4. The van der Waals surface area contributed by atoms with Crippen molar-refractivity contribution >= 4 is 29.3 Å². The van der Waals surface area contributed by atoms with E-state index in [1.807, 2.05) is 139 Å². The molecule has 504 valence electrons. The van der Waals surface area contributed by atoms with Crippen LogP contribution in [0, 0.1) is 5.92 Å². The lowest BCUT2D eigenvalue weighted by atomic mass is 9.88. The van der Waals surface area contributed by atoms with Gasteiger partial charge < -0.3 is 19.6 Å². The van der Waals surface area contributed by atoms with E-state index < -0.39 is 0 Å². The molecule has 0 bridgehead atoms. The maximum atomic E-state index is 11.3. The van der Waals surface area contributed by atoms with Crippen molar-refractivity contribution in [3.63, 3.8) is 0 Å². The van der Waals surface area contributed by atoms with Crippen LogP contribution in [-0.2, 0) is 23.1 Å². The van der Waals surface area contributed by atoms with Crippen LogP contribution in [0.2, 0.25) is 0 Å². The van der Waals surface area contributed by atoms with Gasteiger partial charge in [-0.2, -0.15) is 0 Å². The smallest absolute Gasteiger partial charge is 0.229 e. The average molecular weight is 1230 g/mol. The zero-order chi connectivity index (χ0) is 68.4. The van der Waals surface area contributed by atoms with Crippen molar-refractivity contribution in [1.29, 1.82) is 0 Å². The molecule has 0 aromatic carbocycles. The van der Waals surface area contributed by atoms with Crippen molar-refractivity contribution in [2.45, 2.75) is 272 Å². The van der Waals surface area contributed by atoms with E-state index in [9.17, 15) is 4.79 Å². The van der Waals surface area contributed by atoms with Crippen molar-refractivity contribution < 1.29 is 4.79 Å². The lowest BCUT2D eigenvalue weighted by molar-refractivity contribution is -0.122. The van der Waals surface area contributed by atoms with Crippen LogP contribution in [0.5, 0.6) is 0 Å². The summed E-state index contributed by atoms with van der Waals surface area (Å²) in [4.78, 5) is 51.0. The lowest BCUT2D eigenvalue weighted by Crippen LogP contribution is -2.46. The van der Waals surface area contributed by atoms with Gasteiger partial charge in [-0.05, 0) is 142 Å². The van der Waals surface area contributed by atoms with Gasteiger partial charge in [0.2, 0.25) is 5.91 Å². The standard InChI is InChI=1S/C14H20N2.2C13H20N2.C9H17N3O.C8H11N.C7H10N2.6C2H6/c1-10(2)12-5-4-11-13(15-12)16(3)9-8-14(11)6-7-14;1-9(2)12-8-7-11-6-5-10(3)15(4)13(11)14-12;1-10(2)12-8-7-11-6-4-5-9-15(3)13(11)14-12;1-7(2)8(13)11-9-10-5-4-6-12(9)3;1-7(2)8-5-3-4-6-9-8;1-6(2)7-3-4-8-5-9-7;6*1-2/h4-5,10H,6-9H2,1-3H3;7-10H,5-6H2,1-4H3;7-8,10H,4-6,9H2,1-3H3;7H,4-6H2,1-3H3,(H,10,11,13);3-7H,1-2H3;3-6H,1-2H3;6*1-2H3. The van der Waals surface area contributed by atoms with Gasteiger partial charge in [0.1, 0.15) is 23.8 Å². The summed E-state index contributed by atoms with van der Waals surface area (Å²) < 4.78 is 0. The first kappa shape index (κ1) is 85.1. The third kappa shape index (κ3) is 29.7. The fourth-order valence-corrected chi connectivity index (χ4v) is 9.44. The van der Waals surface area contributed by atoms with Crippen molar-refractivity contribution in [1.82, 2.24) is 40.1 Å². The van der Waals surface area contributed by atoms with Crippen LogP contribution in [-0.4, -0.2) is 107 Å². The summed E-state index contributed by atoms with van der Waals surface area (Å²) >= 11 is 0. The number of nitrogens with one attached hydrogen (secondary N) is 1. The maximum absolute atomic E-state index is 11.3. The fourth-order valence-electron chi connectivity index (χ4n) is 9.44. The second kappa shape index (κ2) is 47.9. The summed E-state index contributed by atoms with van der Waals surface area (Å²) in [6.07, 6.45) is 16.5. The molecule has 1 atom stereocenters. The van der Waals surface area contributed by atoms with Crippen LogP contribution in [0.1, 0.15) is 293 Å². The van der Waals surface area contributed by atoms with Crippen molar-refractivity contribution in [2.24, 2.45) is 10.9 Å². The number of hydrogen-bond acceptors (Lipinski definition) is 12. The number of rotatable bonds is 6. The highest BCUT2D eigenvalue weighted by Crippen LogP contribution is 2.55. The van der Waals surface area contributed by atoms with E-state index in [1.165, 1.54) is 109 Å². The Balaban J connectivity index is 0. The number of aryl methyl sites for hydroxylation is 2. The van der Waals surface area contributed by atoms with Crippen LogP contribution in [0.25, 0.3) is 0 Å². The summed E-state index contributed by atoms with van der Waals surface area (Å²) in [6, 6.07) is 22.0. The molecule has 4 aliphatic heterocycles. The van der Waals surface area contributed by atoms with Gasteiger partial charge in [-0.3, -0.25) is 20.1 Å². The van der Waals surface area contributed by atoms with Crippen LogP contribution < -0.4 is 20.0 Å². The van der Waals surface area contributed by atoms with Crippen molar-refractivity contribution in [2.75, 3.05) is 69.1 Å². The normalized spacial score (nSPS) is 15.0. The van der Waals surface area contributed by atoms with E-state index in [0.29, 0.717) is 47.0 Å². The molecular formula is C76H134N12O. The van der Waals surface area contributed by atoms with Crippen LogP contribution in [0.3, 0.4) is 0 Å². The van der Waals surface area contributed by atoms with Crippen molar-refractivity contribution in [3.05, 3.63) is 125 Å². The largest absolute Gasteiger partial charge is 0.359 e. The van der Waals surface area contributed by atoms with Gasteiger partial charge in [-0.25, -0.2) is 24.9 Å². The monoisotopic (exact) mass is 1230 g/mol. The molecule has 10 rings (SSSR count). The Labute approximate surface area is 548 Å². The van der Waals surface area contributed by atoms with E-state index >= 15 is 0 Å². The number of carbonyl (C=O) groups is 1. The molecule has 13 heteroatoms. The Morgan fingerprint density at radius 2 is 0.978 bits per heavy atom. The first-order valence-corrected chi connectivity index (χ1v) is 35.0. The number of pyridine rings is 4. The summed E-state index contributed by atoms with van der Waals surface area (Å²) in [6.45, 7) is 55.8. The Bertz CT molecular complexity index is 2540. The molecule has 1 amide bonds. The second-order valence-electron chi connectivity index (χ2n) is 23.7. The number of nitrogens with zero attached hydrogens (tertiary/aromatic N) is 11. The third-order valence-corrected chi connectivity index (χ3v) is 15.2. The molecule has 1 unspecified atom stereocenters. The minimum Gasteiger partial charge on any atom is -0.359 e. The summed E-state index contributed by atoms with van der Waals surface area (Å²) in [7, 11) is 8.42. The topological polar surface area (TPSA) is 132 Å². The summed E-state index contributed by atoms with van der Waals surface area (Å²) in [5.41, 5.74) is 10.7. The SMILES string of the molecule is CC.CC.CC.CC.CC.CC.CC(C)C(=O)NC1=NCCCN1C.CC(C)c1ccc2c(n1)N(C)C(C)CC2.CC(C)c1ccc2c(n1)N(C)CCC21CC1.CC(C)c1ccc2c(n1)N(C)CCCC2.CC(C)c1ccccn1.CC(C)c1ccncn1. The Hall–Kier alpha value is -5.98. The third-order valence-electron chi connectivity index (χ3n) is 15.2. The minimum absolute atomic E-state index is 0.0121. The molecule has 1 spiro atoms. The molecule has 1 N–H and O–H groups in total. The first-order valence-electron chi connectivity index (χ1n) is 35.0.